The topological polar surface area (TPSA) is 18.5 Å². The van der Waals surface area contributed by atoms with Gasteiger partial charge in [-0.05, 0) is 23.3 Å². The van der Waals surface area contributed by atoms with E-state index in [4.69, 9.17) is 9.47 Å². The fourth-order valence-corrected chi connectivity index (χ4v) is 1.71. The minimum atomic E-state index is 0.327. The van der Waals surface area contributed by atoms with Gasteiger partial charge in [-0.2, -0.15) is 0 Å². The third kappa shape index (κ3) is 1.44. The average Bonchev–Trinajstić information content (AvgIpc) is 2.77. The van der Waals surface area contributed by atoms with Gasteiger partial charge in [-0.3, -0.25) is 0 Å². The second kappa shape index (κ2) is 3.31. The molecule has 15 heavy (non-hydrogen) atoms. The maximum atomic E-state index is 5.34. The lowest BCUT2D eigenvalue weighted by atomic mass is 10.1. The maximum Gasteiger partial charge on any atom is 0.231 e. The first-order chi connectivity index (χ1) is 7.43. The van der Waals surface area contributed by atoms with Crippen molar-refractivity contribution < 1.29 is 9.47 Å². The Morgan fingerprint density at radius 3 is 2.40 bits per heavy atom. The van der Waals surface area contributed by atoms with Gasteiger partial charge >= 0.3 is 0 Å². The van der Waals surface area contributed by atoms with Gasteiger partial charge < -0.3 is 9.47 Å². The second-order valence-electron chi connectivity index (χ2n) is 3.43. The summed E-state index contributed by atoms with van der Waals surface area (Å²) in [5, 5.41) is 0. The van der Waals surface area contributed by atoms with E-state index >= 15 is 0 Å². The van der Waals surface area contributed by atoms with Crippen molar-refractivity contribution in [3.8, 4) is 22.6 Å². The quantitative estimate of drug-likeness (QED) is 0.701. The number of benzene rings is 2. The van der Waals surface area contributed by atoms with Gasteiger partial charge in [-0.25, -0.2) is 0 Å². The van der Waals surface area contributed by atoms with Crippen LogP contribution in [0.15, 0.2) is 48.5 Å². The molecular formula is C13H10O2. The van der Waals surface area contributed by atoms with Crippen LogP contribution in [0.25, 0.3) is 11.1 Å². The minimum Gasteiger partial charge on any atom is -0.454 e. The lowest BCUT2D eigenvalue weighted by Gasteiger charge is -2.02. The Morgan fingerprint density at radius 2 is 1.53 bits per heavy atom. The van der Waals surface area contributed by atoms with Crippen LogP contribution in [-0.4, -0.2) is 6.79 Å². The molecule has 2 heteroatoms. The molecule has 0 bridgehead atoms. The Morgan fingerprint density at radius 1 is 0.733 bits per heavy atom. The summed E-state index contributed by atoms with van der Waals surface area (Å²) >= 11 is 0. The molecule has 0 saturated heterocycles. The molecule has 0 aliphatic carbocycles. The first-order valence-electron chi connectivity index (χ1n) is 4.88. The molecule has 2 aromatic carbocycles. The second-order valence-corrected chi connectivity index (χ2v) is 3.43. The molecule has 0 unspecified atom stereocenters. The third-order valence-electron chi connectivity index (χ3n) is 2.48. The number of rotatable bonds is 1. The number of hydrogen-bond acceptors (Lipinski definition) is 2. The van der Waals surface area contributed by atoms with Gasteiger partial charge in [0.15, 0.2) is 11.5 Å². The zero-order valence-electron chi connectivity index (χ0n) is 8.14. The fraction of sp³-hybridized carbons (Fsp3) is 0.0769. The van der Waals surface area contributed by atoms with E-state index in [1.807, 2.05) is 36.4 Å². The van der Waals surface area contributed by atoms with E-state index in [9.17, 15) is 0 Å². The summed E-state index contributed by atoms with van der Waals surface area (Å²) in [6, 6.07) is 16.2. The van der Waals surface area contributed by atoms with Crippen LogP contribution in [0.2, 0.25) is 0 Å². The van der Waals surface area contributed by atoms with Gasteiger partial charge in [0.2, 0.25) is 6.79 Å². The van der Waals surface area contributed by atoms with E-state index in [1.165, 1.54) is 5.56 Å². The van der Waals surface area contributed by atoms with Gasteiger partial charge in [0.1, 0.15) is 0 Å². The third-order valence-corrected chi connectivity index (χ3v) is 2.48. The predicted molar refractivity (Wildman–Crippen MR) is 58.0 cm³/mol. The Bertz CT molecular complexity index is 477. The molecule has 0 amide bonds. The number of ether oxygens (including phenoxy) is 2. The molecule has 74 valence electrons. The summed E-state index contributed by atoms with van der Waals surface area (Å²) in [5.74, 6) is 1.66. The van der Waals surface area contributed by atoms with Crippen LogP contribution in [0.4, 0.5) is 0 Å². The molecule has 1 aliphatic rings. The van der Waals surface area contributed by atoms with Crippen molar-refractivity contribution in [2.45, 2.75) is 0 Å². The first kappa shape index (κ1) is 8.36. The van der Waals surface area contributed by atoms with Gasteiger partial charge in [0.05, 0.1) is 0 Å². The molecular weight excluding hydrogens is 188 g/mol. The van der Waals surface area contributed by atoms with E-state index in [-0.39, 0.29) is 0 Å². The van der Waals surface area contributed by atoms with Gasteiger partial charge in [-0.1, -0.05) is 36.4 Å². The summed E-state index contributed by atoms with van der Waals surface area (Å²) < 4.78 is 10.6. The lowest BCUT2D eigenvalue weighted by molar-refractivity contribution is 0.174. The van der Waals surface area contributed by atoms with Crippen LogP contribution < -0.4 is 9.47 Å². The van der Waals surface area contributed by atoms with E-state index in [2.05, 4.69) is 12.1 Å². The lowest BCUT2D eigenvalue weighted by Crippen LogP contribution is -1.92. The van der Waals surface area contributed by atoms with Crippen molar-refractivity contribution >= 4 is 0 Å². The highest BCUT2D eigenvalue weighted by Crippen LogP contribution is 2.35. The van der Waals surface area contributed by atoms with Crippen molar-refractivity contribution in [1.29, 1.82) is 0 Å². The summed E-state index contributed by atoms with van der Waals surface area (Å²) in [4.78, 5) is 0. The monoisotopic (exact) mass is 198 g/mol. The van der Waals surface area contributed by atoms with Gasteiger partial charge in [0.25, 0.3) is 0 Å². The predicted octanol–water partition coefficient (Wildman–Crippen LogP) is 3.08. The molecule has 0 spiro atoms. The summed E-state index contributed by atoms with van der Waals surface area (Å²) in [7, 11) is 0. The first-order valence-corrected chi connectivity index (χ1v) is 4.88. The highest BCUT2D eigenvalue weighted by molar-refractivity contribution is 5.67. The Kier molecular flexibility index (Phi) is 1.85. The molecule has 3 rings (SSSR count). The van der Waals surface area contributed by atoms with Crippen LogP contribution in [-0.2, 0) is 0 Å². The Hall–Kier alpha value is -1.96. The molecule has 0 fully saturated rings. The van der Waals surface area contributed by atoms with E-state index in [1.54, 1.807) is 0 Å². The van der Waals surface area contributed by atoms with Crippen LogP contribution in [0.5, 0.6) is 11.5 Å². The zero-order valence-corrected chi connectivity index (χ0v) is 8.14. The zero-order chi connectivity index (χ0) is 10.1. The highest BCUT2D eigenvalue weighted by atomic mass is 16.7. The van der Waals surface area contributed by atoms with E-state index in [0.717, 1.165) is 17.1 Å². The smallest absolute Gasteiger partial charge is 0.231 e. The van der Waals surface area contributed by atoms with Gasteiger partial charge in [0, 0.05) is 0 Å². The maximum absolute atomic E-state index is 5.34. The van der Waals surface area contributed by atoms with Gasteiger partial charge in [-0.15, -0.1) is 0 Å². The number of fused-ring (bicyclic) bond motifs is 1. The Balaban J connectivity index is 2.07. The molecule has 1 heterocycles. The molecule has 0 aromatic heterocycles. The summed E-state index contributed by atoms with van der Waals surface area (Å²) in [6.45, 7) is 0.327. The summed E-state index contributed by atoms with van der Waals surface area (Å²) in [6.07, 6.45) is 0. The van der Waals surface area contributed by atoms with Crippen molar-refractivity contribution in [1.82, 2.24) is 0 Å². The van der Waals surface area contributed by atoms with Crippen LogP contribution in [0, 0.1) is 0 Å². The van der Waals surface area contributed by atoms with E-state index < -0.39 is 0 Å². The molecule has 1 aliphatic heterocycles. The highest BCUT2D eigenvalue weighted by Gasteiger charge is 2.13. The molecule has 0 radical (unpaired) electrons. The SMILES string of the molecule is c1ccc(-c2ccc3c(c2)OCO3)cc1. The average molecular weight is 198 g/mol. The van der Waals surface area contributed by atoms with Crippen molar-refractivity contribution in [2.24, 2.45) is 0 Å². The summed E-state index contributed by atoms with van der Waals surface area (Å²) in [5.41, 5.74) is 2.34. The largest absolute Gasteiger partial charge is 0.454 e. The minimum absolute atomic E-state index is 0.327. The van der Waals surface area contributed by atoms with Crippen LogP contribution in [0.1, 0.15) is 0 Å². The molecule has 0 saturated carbocycles. The van der Waals surface area contributed by atoms with Crippen LogP contribution >= 0.6 is 0 Å². The van der Waals surface area contributed by atoms with Crippen molar-refractivity contribution in [3.63, 3.8) is 0 Å². The van der Waals surface area contributed by atoms with Crippen molar-refractivity contribution in [3.05, 3.63) is 48.5 Å². The standard InChI is InChI=1S/C13H10O2/c1-2-4-10(5-3-1)11-6-7-12-13(8-11)15-9-14-12/h1-8H,9H2. The molecule has 2 nitrogen and oxygen atoms in total. The molecule has 0 N–H and O–H groups in total. The molecule has 2 aromatic rings. The van der Waals surface area contributed by atoms with Crippen molar-refractivity contribution in [2.75, 3.05) is 6.79 Å². The van der Waals surface area contributed by atoms with Crippen LogP contribution in [0.3, 0.4) is 0 Å². The molecule has 0 atom stereocenters. The normalized spacial score (nSPS) is 12.8. The Labute approximate surface area is 88.1 Å². The van der Waals surface area contributed by atoms with E-state index in [0.29, 0.717) is 6.79 Å². The number of hydrogen-bond donors (Lipinski definition) is 0. The fourth-order valence-electron chi connectivity index (χ4n) is 1.71.